The van der Waals surface area contributed by atoms with E-state index in [0.717, 1.165) is 57.5 Å². The van der Waals surface area contributed by atoms with Gasteiger partial charge in [-0.1, -0.05) is 24.3 Å². The predicted octanol–water partition coefficient (Wildman–Crippen LogP) is 2.92. The molecule has 0 aliphatic carbocycles. The van der Waals surface area contributed by atoms with Gasteiger partial charge in [0.1, 0.15) is 5.82 Å². The van der Waals surface area contributed by atoms with Crippen LogP contribution in [0.15, 0.2) is 59.7 Å². The van der Waals surface area contributed by atoms with Gasteiger partial charge in [0.15, 0.2) is 5.96 Å². The van der Waals surface area contributed by atoms with Gasteiger partial charge in [-0.2, -0.15) is 0 Å². The minimum Gasteiger partial charge on any atom is -0.375 e. The van der Waals surface area contributed by atoms with Crippen LogP contribution in [-0.2, 0) is 0 Å². The number of piperazine rings is 1. The van der Waals surface area contributed by atoms with E-state index >= 15 is 0 Å². The Kier molecular flexibility index (Phi) is 9.33. The van der Waals surface area contributed by atoms with Gasteiger partial charge < -0.3 is 20.0 Å². The molecule has 1 aliphatic heterocycles. The van der Waals surface area contributed by atoms with Gasteiger partial charge in [-0.05, 0) is 30.7 Å². The fourth-order valence-corrected chi connectivity index (χ4v) is 3.35. The molecule has 152 valence electrons. The number of guanidine groups is 1. The molecule has 1 fully saturated rings. The Morgan fingerprint density at radius 2 is 1.79 bits per heavy atom. The Morgan fingerprint density at radius 1 is 1.07 bits per heavy atom. The van der Waals surface area contributed by atoms with Gasteiger partial charge in [-0.3, -0.25) is 4.99 Å². The Morgan fingerprint density at radius 3 is 2.43 bits per heavy atom. The van der Waals surface area contributed by atoms with E-state index < -0.39 is 0 Å². The lowest BCUT2D eigenvalue weighted by Crippen LogP contribution is -2.53. The number of para-hydroxylation sites is 1. The third kappa shape index (κ3) is 6.25. The van der Waals surface area contributed by atoms with Crippen molar-refractivity contribution >= 4 is 41.4 Å². The average molecular weight is 494 g/mol. The fraction of sp³-hybridized carbons (Fsp3) is 0.429. The molecule has 0 bridgehead atoms. The Hall–Kier alpha value is -2.03. The maximum Gasteiger partial charge on any atom is 0.193 e. The summed E-state index contributed by atoms with van der Waals surface area (Å²) in [4.78, 5) is 15.9. The highest BCUT2D eigenvalue weighted by Gasteiger charge is 2.20. The predicted molar refractivity (Wildman–Crippen MR) is 129 cm³/mol. The normalized spacial score (nSPS) is 14.4. The van der Waals surface area contributed by atoms with Crippen LogP contribution >= 0.6 is 24.0 Å². The topological polar surface area (TPSA) is 47.0 Å². The molecular formula is C21H31IN6. The van der Waals surface area contributed by atoms with Crippen molar-refractivity contribution in [2.75, 3.05) is 63.2 Å². The van der Waals surface area contributed by atoms with Crippen LogP contribution in [0, 0.1) is 0 Å². The highest BCUT2D eigenvalue weighted by Crippen LogP contribution is 2.13. The van der Waals surface area contributed by atoms with Crippen molar-refractivity contribution in [1.82, 2.24) is 15.2 Å². The minimum atomic E-state index is 0. The zero-order valence-corrected chi connectivity index (χ0v) is 19.1. The van der Waals surface area contributed by atoms with Crippen molar-refractivity contribution in [3.8, 4) is 0 Å². The lowest BCUT2D eigenvalue weighted by Gasteiger charge is -2.37. The summed E-state index contributed by atoms with van der Waals surface area (Å²) >= 11 is 0. The first-order chi connectivity index (χ1) is 13.3. The number of pyridine rings is 1. The molecule has 0 amide bonds. The van der Waals surface area contributed by atoms with Gasteiger partial charge in [0.25, 0.3) is 0 Å². The second-order valence-electron chi connectivity index (χ2n) is 6.75. The van der Waals surface area contributed by atoms with E-state index in [1.807, 2.05) is 25.4 Å². The van der Waals surface area contributed by atoms with Crippen molar-refractivity contribution in [3.63, 3.8) is 0 Å². The summed E-state index contributed by atoms with van der Waals surface area (Å²) in [5.74, 6) is 2.06. The van der Waals surface area contributed by atoms with Crippen LogP contribution in [0.2, 0.25) is 0 Å². The summed E-state index contributed by atoms with van der Waals surface area (Å²) in [6.07, 6.45) is 2.92. The van der Waals surface area contributed by atoms with Gasteiger partial charge in [0, 0.05) is 65.2 Å². The van der Waals surface area contributed by atoms with E-state index in [-0.39, 0.29) is 24.0 Å². The molecule has 1 N–H and O–H groups in total. The van der Waals surface area contributed by atoms with Crippen molar-refractivity contribution in [3.05, 3.63) is 54.7 Å². The van der Waals surface area contributed by atoms with E-state index in [4.69, 9.17) is 0 Å². The molecule has 28 heavy (non-hydrogen) atoms. The number of anilines is 2. The number of nitrogens with zero attached hydrogens (tertiary/aromatic N) is 5. The third-order valence-electron chi connectivity index (χ3n) is 4.91. The quantitative estimate of drug-likeness (QED) is 0.290. The van der Waals surface area contributed by atoms with E-state index in [1.165, 1.54) is 5.69 Å². The molecule has 2 aromatic rings. The van der Waals surface area contributed by atoms with Gasteiger partial charge in [-0.25, -0.2) is 4.98 Å². The molecule has 1 aromatic heterocycles. The maximum absolute atomic E-state index is 4.47. The molecule has 6 nitrogen and oxygen atoms in total. The number of hydrogen-bond donors (Lipinski definition) is 1. The van der Waals surface area contributed by atoms with E-state index in [9.17, 15) is 0 Å². The number of hydrogen-bond acceptors (Lipinski definition) is 4. The third-order valence-corrected chi connectivity index (χ3v) is 4.91. The molecule has 1 saturated heterocycles. The number of halogens is 1. The molecule has 3 rings (SSSR count). The molecule has 7 heteroatoms. The SMILES string of the molecule is CN=C(NCCCN(C)c1ccccc1)N1CCN(c2ccccn2)CC1.I. The van der Waals surface area contributed by atoms with E-state index in [0.29, 0.717) is 0 Å². The molecule has 0 unspecified atom stereocenters. The molecule has 1 aromatic carbocycles. The van der Waals surface area contributed by atoms with E-state index in [1.54, 1.807) is 0 Å². The summed E-state index contributed by atoms with van der Waals surface area (Å²) in [6.45, 7) is 5.79. The average Bonchev–Trinajstić information content (AvgIpc) is 2.75. The summed E-state index contributed by atoms with van der Waals surface area (Å²) in [6, 6.07) is 16.6. The smallest absolute Gasteiger partial charge is 0.193 e. The molecule has 0 atom stereocenters. The Bertz CT molecular complexity index is 701. The van der Waals surface area contributed by atoms with Gasteiger partial charge in [0.05, 0.1) is 0 Å². The number of nitrogens with one attached hydrogen (secondary N) is 1. The molecule has 0 spiro atoms. The van der Waals surface area contributed by atoms with Crippen LogP contribution in [0.4, 0.5) is 11.5 Å². The highest BCUT2D eigenvalue weighted by molar-refractivity contribution is 14.0. The second-order valence-corrected chi connectivity index (χ2v) is 6.75. The second kappa shape index (κ2) is 11.7. The van der Waals surface area contributed by atoms with Gasteiger partial charge in [-0.15, -0.1) is 24.0 Å². The fourth-order valence-electron chi connectivity index (χ4n) is 3.35. The lowest BCUT2D eigenvalue weighted by molar-refractivity contribution is 0.371. The number of aromatic nitrogens is 1. The summed E-state index contributed by atoms with van der Waals surface area (Å²) < 4.78 is 0. The largest absolute Gasteiger partial charge is 0.375 e. The standard InChI is InChI=1S/C21H30N6.HI/c1-22-21(24-13-8-14-25(2)19-9-4-3-5-10-19)27-17-15-26(16-18-27)20-11-6-7-12-23-20;/h3-7,9-12H,8,13-18H2,1-2H3,(H,22,24);1H. The summed E-state index contributed by atoms with van der Waals surface area (Å²) in [5.41, 5.74) is 1.26. The first kappa shape index (κ1) is 22.3. The van der Waals surface area contributed by atoms with Crippen LogP contribution in [0.25, 0.3) is 0 Å². The maximum atomic E-state index is 4.47. The first-order valence-electron chi connectivity index (χ1n) is 9.65. The minimum absolute atomic E-state index is 0. The zero-order valence-electron chi connectivity index (χ0n) is 16.8. The molecular weight excluding hydrogens is 463 g/mol. The molecule has 1 aliphatic rings. The summed E-state index contributed by atoms with van der Waals surface area (Å²) in [5, 5.41) is 3.52. The number of rotatable bonds is 6. The number of aliphatic imine (C=N–C) groups is 1. The highest BCUT2D eigenvalue weighted by atomic mass is 127. The molecule has 0 radical (unpaired) electrons. The number of benzene rings is 1. The van der Waals surface area contributed by atoms with Crippen LogP contribution in [0.5, 0.6) is 0 Å². The van der Waals surface area contributed by atoms with Gasteiger partial charge >= 0.3 is 0 Å². The van der Waals surface area contributed by atoms with Crippen LogP contribution < -0.4 is 15.1 Å². The Balaban J connectivity index is 0.00000280. The monoisotopic (exact) mass is 494 g/mol. The lowest BCUT2D eigenvalue weighted by atomic mass is 10.3. The molecule has 2 heterocycles. The zero-order chi connectivity index (χ0) is 18.9. The summed E-state index contributed by atoms with van der Waals surface area (Å²) in [7, 11) is 4.00. The molecule has 0 saturated carbocycles. The van der Waals surface area contributed by atoms with Crippen LogP contribution in [0.1, 0.15) is 6.42 Å². The van der Waals surface area contributed by atoms with Gasteiger partial charge in [0.2, 0.25) is 0 Å². The van der Waals surface area contributed by atoms with Crippen LogP contribution in [0.3, 0.4) is 0 Å². The Labute approximate surface area is 185 Å². The van der Waals surface area contributed by atoms with Crippen molar-refractivity contribution in [2.45, 2.75) is 6.42 Å². The van der Waals surface area contributed by atoms with Crippen LogP contribution in [-0.4, -0.2) is 69.2 Å². The van der Waals surface area contributed by atoms with Crippen molar-refractivity contribution in [1.29, 1.82) is 0 Å². The van der Waals surface area contributed by atoms with Crippen molar-refractivity contribution in [2.24, 2.45) is 4.99 Å². The van der Waals surface area contributed by atoms with Crippen molar-refractivity contribution < 1.29 is 0 Å². The van der Waals surface area contributed by atoms with E-state index in [2.05, 4.69) is 73.4 Å². The first-order valence-corrected chi connectivity index (χ1v) is 9.65.